The number of rotatable bonds is 3. The molecule has 0 aromatic carbocycles. The van der Waals surface area contributed by atoms with Crippen LogP contribution < -0.4 is 5.32 Å². The Morgan fingerprint density at radius 3 is 2.30 bits per heavy atom. The van der Waals surface area contributed by atoms with Crippen molar-refractivity contribution in [3.05, 3.63) is 16.6 Å². The predicted molar refractivity (Wildman–Crippen MR) is 63.1 cm³/mol. The van der Waals surface area contributed by atoms with Crippen LogP contribution in [0.3, 0.4) is 0 Å². The second-order valence-corrected chi connectivity index (χ2v) is 4.51. The lowest BCUT2D eigenvalue weighted by atomic mass is 10.3. The summed E-state index contributed by atoms with van der Waals surface area (Å²) in [5.41, 5.74) is -2.00. The molecule has 11 heteroatoms. The molecule has 0 bridgehead atoms. The molecule has 0 fully saturated rings. The van der Waals surface area contributed by atoms with Gasteiger partial charge in [0.2, 0.25) is 0 Å². The maximum Gasteiger partial charge on any atom is 0.490 e. The Hall–Kier alpha value is -1.42. The first-order valence-corrected chi connectivity index (χ1v) is 6.15. The van der Waals surface area contributed by atoms with Crippen molar-refractivity contribution < 1.29 is 32.3 Å². The van der Waals surface area contributed by atoms with Gasteiger partial charge in [-0.25, -0.2) is 14.2 Å². The number of carbonyl (C=O) groups excluding carboxylic acids is 1. The predicted octanol–water partition coefficient (Wildman–Crippen LogP) is 2.49. The molecule has 1 rings (SSSR count). The maximum absolute atomic E-state index is 12.2. The normalized spacial score (nSPS) is 13.7. The summed E-state index contributed by atoms with van der Waals surface area (Å²) in [4.78, 5) is 23.7. The number of halogens is 5. The highest BCUT2D eigenvalue weighted by molar-refractivity contribution is 7.09. The minimum absolute atomic E-state index is 0.301. The summed E-state index contributed by atoms with van der Waals surface area (Å²) in [6, 6.07) is -0.301. The monoisotopic (exact) mass is 336 g/mol. The van der Waals surface area contributed by atoms with E-state index in [0.717, 1.165) is 5.01 Å². The third kappa shape index (κ3) is 7.24. The number of aliphatic carboxylic acids is 1. The second kappa shape index (κ2) is 8.00. The molecule has 0 saturated carbocycles. The van der Waals surface area contributed by atoms with Crippen molar-refractivity contribution in [2.45, 2.75) is 24.8 Å². The van der Waals surface area contributed by atoms with E-state index < -0.39 is 23.7 Å². The number of nitrogens with one attached hydrogen (secondary N) is 1. The van der Waals surface area contributed by atoms with Crippen LogP contribution in [0.1, 0.15) is 18.0 Å². The molecule has 0 aliphatic rings. The smallest absolute Gasteiger partial charge is 0.475 e. The summed E-state index contributed by atoms with van der Waals surface area (Å²) < 4.78 is 44.0. The van der Waals surface area contributed by atoms with E-state index in [1.807, 2.05) is 0 Å². The topological polar surface area (TPSA) is 79.3 Å². The first-order valence-electron chi connectivity index (χ1n) is 4.83. The van der Waals surface area contributed by atoms with Gasteiger partial charge in [0.05, 0.1) is 6.04 Å². The van der Waals surface area contributed by atoms with Crippen LogP contribution in [0.25, 0.3) is 0 Å². The van der Waals surface area contributed by atoms with Gasteiger partial charge in [-0.15, -0.1) is 11.3 Å². The van der Waals surface area contributed by atoms with E-state index in [1.54, 1.807) is 18.5 Å². The largest absolute Gasteiger partial charge is 0.490 e. The fraction of sp³-hybridized carbons (Fsp3) is 0.444. The molecule has 1 aromatic heterocycles. The summed E-state index contributed by atoms with van der Waals surface area (Å²) in [7, 11) is 0. The van der Waals surface area contributed by atoms with Crippen LogP contribution in [0.2, 0.25) is 0 Å². The van der Waals surface area contributed by atoms with E-state index in [-0.39, 0.29) is 6.04 Å². The molecule has 0 saturated heterocycles. The summed E-state index contributed by atoms with van der Waals surface area (Å²) >= 11 is 6.33. The van der Waals surface area contributed by atoms with Crippen molar-refractivity contribution in [1.29, 1.82) is 0 Å². The number of alkyl halides is 5. The Bertz CT molecular complexity index is 439. The van der Waals surface area contributed by atoms with Crippen LogP contribution in [0, 0.1) is 0 Å². The van der Waals surface area contributed by atoms with Crippen molar-refractivity contribution in [2.75, 3.05) is 0 Å². The Morgan fingerprint density at radius 2 is 2.00 bits per heavy atom. The molecule has 5 nitrogen and oxygen atoms in total. The summed E-state index contributed by atoms with van der Waals surface area (Å²) in [5.74, 6) is -3.59. The van der Waals surface area contributed by atoms with E-state index in [9.17, 15) is 22.4 Å². The lowest BCUT2D eigenvalue weighted by Crippen LogP contribution is -2.31. The quantitative estimate of drug-likeness (QED) is 0.656. The molecule has 20 heavy (non-hydrogen) atoms. The van der Waals surface area contributed by atoms with Gasteiger partial charge in [-0.3, -0.25) is 4.79 Å². The Balaban J connectivity index is 0.000000441. The van der Waals surface area contributed by atoms with Crippen LogP contribution in [0.5, 0.6) is 0 Å². The van der Waals surface area contributed by atoms with E-state index in [1.165, 1.54) is 11.3 Å². The van der Waals surface area contributed by atoms with Crippen molar-refractivity contribution in [3.63, 3.8) is 0 Å². The summed E-state index contributed by atoms with van der Waals surface area (Å²) in [6.45, 7) is 1.72. The minimum Gasteiger partial charge on any atom is -0.475 e. The zero-order valence-corrected chi connectivity index (χ0v) is 11.4. The van der Waals surface area contributed by atoms with Crippen LogP contribution >= 0.6 is 22.9 Å². The van der Waals surface area contributed by atoms with Crippen molar-refractivity contribution >= 4 is 34.8 Å². The molecule has 0 aliphatic carbocycles. The SMILES string of the molecule is CC(NC(=O)C(F)Cl)c1nccs1.O=C(O)C(F)(F)F. The molecule has 2 atom stereocenters. The van der Waals surface area contributed by atoms with Crippen molar-refractivity contribution in [2.24, 2.45) is 0 Å². The van der Waals surface area contributed by atoms with Gasteiger partial charge < -0.3 is 10.4 Å². The number of amides is 1. The van der Waals surface area contributed by atoms with E-state index in [2.05, 4.69) is 10.3 Å². The standard InChI is InChI=1S/C7H8ClFN2OS.C2HF3O2/c1-4(7-10-2-3-13-7)11-6(12)5(8)9;3-2(4,5)1(6)7/h2-5H,1H3,(H,11,12);(H,6,7). The van der Waals surface area contributed by atoms with Gasteiger partial charge in [-0.05, 0) is 6.92 Å². The first-order chi connectivity index (χ1) is 9.05. The molecular formula is C9H9ClF4N2O3S. The molecule has 1 heterocycles. The summed E-state index contributed by atoms with van der Waals surface area (Å²) in [5, 5.41) is 12.0. The Kier molecular flexibility index (Phi) is 7.43. The summed E-state index contributed by atoms with van der Waals surface area (Å²) in [6.07, 6.45) is -3.46. The molecular weight excluding hydrogens is 328 g/mol. The Labute approximate surface area is 119 Å². The number of thiazole rings is 1. The molecule has 1 amide bonds. The van der Waals surface area contributed by atoms with E-state index >= 15 is 0 Å². The van der Waals surface area contributed by atoms with Gasteiger partial charge in [0.25, 0.3) is 11.5 Å². The Morgan fingerprint density at radius 1 is 1.50 bits per heavy atom. The molecule has 0 radical (unpaired) electrons. The van der Waals surface area contributed by atoms with Gasteiger partial charge in [0.1, 0.15) is 5.01 Å². The van der Waals surface area contributed by atoms with Crippen LogP contribution in [-0.2, 0) is 9.59 Å². The molecule has 2 unspecified atom stereocenters. The average Bonchev–Trinajstić information content (AvgIpc) is 2.81. The van der Waals surface area contributed by atoms with E-state index in [4.69, 9.17) is 21.5 Å². The lowest BCUT2D eigenvalue weighted by Gasteiger charge is -2.10. The fourth-order valence-electron chi connectivity index (χ4n) is 0.786. The highest BCUT2D eigenvalue weighted by atomic mass is 35.5. The number of hydrogen-bond donors (Lipinski definition) is 2. The van der Waals surface area contributed by atoms with Crippen LogP contribution in [0.15, 0.2) is 11.6 Å². The number of carboxylic acid groups (broad SMARTS) is 1. The van der Waals surface area contributed by atoms with Crippen molar-refractivity contribution in [1.82, 2.24) is 10.3 Å². The first kappa shape index (κ1) is 18.6. The molecule has 0 aliphatic heterocycles. The highest BCUT2D eigenvalue weighted by Gasteiger charge is 2.38. The van der Waals surface area contributed by atoms with Gasteiger partial charge in [-0.2, -0.15) is 13.2 Å². The number of nitrogens with zero attached hydrogens (tertiary/aromatic N) is 1. The minimum atomic E-state index is -5.08. The van der Waals surface area contributed by atoms with Gasteiger partial charge >= 0.3 is 12.1 Å². The third-order valence-corrected chi connectivity index (χ3v) is 2.78. The number of carbonyl (C=O) groups is 2. The highest BCUT2D eigenvalue weighted by Crippen LogP contribution is 2.15. The zero-order chi connectivity index (χ0) is 15.9. The van der Waals surface area contributed by atoms with Gasteiger partial charge in [0.15, 0.2) is 0 Å². The maximum atomic E-state index is 12.2. The number of hydrogen-bond acceptors (Lipinski definition) is 4. The number of carboxylic acids is 1. The second-order valence-electron chi connectivity index (χ2n) is 3.20. The van der Waals surface area contributed by atoms with Crippen LogP contribution in [-0.4, -0.2) is 33.8 Å². The van der Waals surface area contributed by atoms with E-state index in [0.29, 0.717) is 0 Å². The lowest BCUT2D eigenvalue weighted by molar-refractivity contribution is -0.192. The van der Waals surface area contributed by atoms with Gasteiger partial charge in [0, 0.05) is 11.6 Å². The zero-order valence-electron chi connectivity index (χ0n) is 9.82. The fourth-order valence-corrected chi connectivity index (χ4v) is 1.50. The third-order valence-electron chi connectivity index (χ3n) is 1.62. The molecule has 1 aromatic rings. The van der Waals surface area contributed by atoms with Crippen molar-refractivity contribution in [3.8, 4) is 0 Å². The number of aromatic nitrogens is 1. The molecule has 114 valence electrons. The van der Waals surface area contributed by atoms with Gasteiger partial charge in [-0.1, -0.05) is 11.6 Å². The average molecular weight is 337 g/mol. The molecule has 0 spiro atoms. The molecule has 2 N–H and O–H groups in total. The van der Waals surface area contributed by atoms with Crippen LogP contribution in [0.4, 0.5) is 17.6 Å².